The van der Waals surface area contributed by atoms with Gasteiger partial charge in [-0.05, 0) is 11.1 Å². The summed E-state index contributed by atoms with van der Waals surface area (Å²) in [5.74, 6) is -0.203. The average molecular weight is 391 g/mol. The summed E-state index contributed by atoms with van der Waals surface area (Å²) in [6.07, 6.45) is 0. The first-order valence-electron chi connectivity index (χ1n) is 9.67. The second kappa shape index (κ2) is 7.11. The number of benzene rings is 4. The molecule has 0 unspecified atom stereocenters. The number of carbonyl (C=O) groups excluding carboxylic acids is 2. The normalized spacial score (nSPS) is 12.4. The Labute approximate surface area is 171 Å². The lowest BCUT2D eigenvalue weighted by atomic mass is 9.87. The predicted octanol–water partition coefficient (Wildman–Crippen LogP) is 3.25. The van der Waals surface area contributed by atoms with Gasteiger partial charge in [0, 0.05) is 22.3 Å². The minimum absolute atomic E-state index is 0.0903. The van der Waals surface area contributed by atoms with E-state index < -0.39 is 9.52 Å². The molecule has 138 valence electrons. The van der Waals surface area contributed by atoms with Crippen LogP contribution in [0.1, 0.15) is 31.8 Å². The molecule has 0 amide bonds. The lowest BCUT2D eigenvalue weighted by Gasteiger charge is -2.15. The molecule has 0 bridgehead atoms. The van der Waals surface area contributed by atoms with Gasteiger partial charge in [0.1, 0.15) is 0 Å². The van der Waals surface area contributed by atoms with E-state index in [0.29, 0.717) is 22.3 Å². The molecule has 4 aromatic carbocycles. The smallest absolute Gasteiger partial charge is 0.194 e. The van der Waals surface area contributed by atoms with E-state index in [0.717, 1.165) is 11.1 Å². The molecular weight excluding hydrogens is 372 g/mol. The molecule has 5 rings (SSSR count). The van der Waals surface area contributed by atoms with Gasteiger partial charge in [-0.25, -0.2) is 0 Å². The van der Waals surface area contributed by atoms with Crippen LogP contribution in [-0.2, 0) is 0 Å². The van der Waals surface area contributed by atoms with Crippen molar-refractivity contribution in [3.05, 3.63) is 119 Å². The van der Waals surface area contributed by atoms with Crippen LogP contribution in [0, 0.1) is 0 Å². The highest BCUT2D eigenvalue weighted by molar-refractivity contribution is 6.73. The maximum absolute atomic E-state index is 13.6. The van der Waals surface area contributed by atoms with E-state index >= 15 is 0 Å². The van der Waals surface area contributed by atoms with Crippen molar-refractivity contribution < 1.29 is 9.59 Å². The monoisotopic (exact) mass is 390 g/mol. The fourth-order valence-corrected chi connectivity index (χ4v) is 6.06. The second-order valence-corrected chi connectivity index (χ2v) is 9.12. The van der Waals surface area contributed by atoms with Crippen molar-refractivity contribution >= 4 is 31.5 Å². The van der Waals surface area contributed by atoms with Crippen LogP contribution < -0.4 is 10.4 Å². The summed E-state index contributed by atoms with van der Waals surface area (Å²) in [7, 11) is -0.660. The maximum atomic E-state index is 13.6. The standard InChI is InChI=1S/C26H18O2Si/c27-25(17-9-3-1-4-10-17)20-15-16-22-23(19-13-7-8-14-21(19)29-22)24(20)26(28)18-11-5-2-6-12-18/h1-16H,29H2. The molecule has 2 nitrogen and oxygen atoms in total. The molecule has 1 aliphatic heterocycles. The van der Waals surface area contributed by atoms with Gasteiger partial charge in [-0.15, -0.1) is 0 Å². The molecule has 0 spiro atoms. The summed E-state index contributed by atoms with van der Waals surface area (Å²) in [5, 5.41) is 2.56. The summed E-state index contributed by atoms with van der Waals surface area (Å²) in [5.41, 5.74) is 4.29. The summed E-state index contributed by atoms with van der Waals surface area (Å²) in [6.45, 7) is 0. The van der Waals surface area contributed by atoms with E-state index in [1.165, 1.54) is 10.4 Å². The highest BCUT2D eigenvalue weighted by Crippen LogP contribution is 2.30. The number of rotatable bonds is 4. The molecule has 0 aromatic heterocycles. The molecule has 0 aliphatic carbocycles. The molecule has 0 radical (unpaired) electrons. The minimum Gasteiger partial charge on any atom is -0.289 e. The molecule has 0 saturated carbocycles. The number of hydrogen-bond acceptors (Lipinski definition) is 2. The maximum Gasteiger partial charge on any atom is 0.194 e. The first-order valence-corrected chi connectivity index (χ1v) is 11.1. The Kier molecular flexibility index (Phi) is 4.30. The van der Waals surface area contributed by atoms with Crippen LogP contribution in [0.25, 0.3) is 11.1 Å². The lowest BCUT2D eigenvalue weighted by Crippen LogP contribution is -2.22. The van der Waals surface area contributed by atoms with E-state index in [4.69, 9.17) is 0 Å². The molecular formula is C26H18O2Si. The summed E-state index contributed by atoms with van der Waals surface area (Å²) in [6, 6.07) is 30.6. The number of fused-ring (bicyclic) bond motifs is 3. The molecule has 1 aliphatic rings. The van der Waals surface area contributed by atoms with Gasteiger partial charge in [-0.1, -0.05) is 107 Å². The zero-order valence-electron chi connectivity index (χ0n) is 15.8. The van der Waals surface area contributed by atoms with Crippen molar-refractivity contribution in [2.75, 3.05) is 0 Å². The first kappa shape index (κ1) is 17.5. The Morgan fingerprint density at radius 1 is 0.552 bits per heavy atom. The quantitative estimate of drug-likeness (QED) is 0.349. The molecule has 29 heavy (non-hydrogen) atoms. The molecule has 0 fully saturated rings. The summed E-state index contributed by atoms with van der Waals surface area (Å²) >= 11 is 0. The number of hydrogen-bond donors (Lipinski definition) is 0. The van der Waals surface area contributed by atoms with Crippen LogP contribution in [0.5, 0.6) is 0 Å². The second-order valence-electron chi connectivity index (χ2n) is 7.25. The number of ketones is 2. The topological polar surface area (TPSA) is 34.1 Å². The van der Waals surface area contributed by atoms with Gasteiger partial charge in [0.05, 0.1) is 9.52 Å². The molecule has 0 N–H and O–H groups in total. The van der Waals surface area contributed by atoms with Gasteiger partial charge in [0.15, 0.2) is 11.6 Å². The SMILES string of the molecule is O=C(c1ccccc1)c1ccc2c(c1C(=O)c1ccccc1)-c1ccccc1[SiH2]2. The van der Waals surface area contributed by atoms with Gasteiger partial charge >= 0.3 is 0 Å². The van der Waals surface area contributed by atoms with Gasteiger partial charge in [0.2, 0.25) is 0 Å². The predicted molar refractivity (Wildman–Crippen MR) is 119 cm³/mol. The van der Waals surface area contributed by atoms with Crippen molar-refractivity contribution in [3.8, 4) is 11.1 Å². The average Bonchev–Trinajstić information content (AvgIpc) is 3.17. The first-order chi connectivity index (χ1) is 14.2. The Balaban J connectivity index is 1.77. The molecule has 0 atom stereocenters. The van der Waals surface area contributed by atoms with Crippen LogP contribution in [0.4, 0.5) is 0 Å². The van der Waals surface area contributed by atoms with Crippen LogP contribution in [0.15, 0.2) is 97.1 Å². The van der Waals surface area contributed by atoms with Crippen molar-refractivity contribution in [2.24, 2.45) is 0 Å². The third-order valence-corrected chi connectivity index (χ3v) is 7.47. The van der Waals surface area contributed by atoms with Crippen molar-refractivity contribution in [2.45, 2.75) is 0 Å². The van der Waals surface area contributed by atoms with Crippen molar-refractivity contribution in [1.82, 2.24) is 0 Å². The van der Waals surface area contributed by atoms with Crippen LogP contribution in [0.3, 0.4) is 0 Å². The van der Waals surface area contributed by atoms with E-state index in [-0.39, 0.29) is 11.6 Å². The highest BCUT2D eigenvalue weighted by atomic mass is 28.2. The summed E-state index contributed by atoms with van der Waals surface area (Å²) in [4.78, 5) is 27.0. The third kappa shape index (κ3) is 2.96. The lowest BCUT2D eigenvalue weighted by molar-refractivity contribution is 0.100. The molecule has 3 heteroatoms. The zero-order chi connectivity index (χ0) is 19.8. The van der Waals surface area contributed by atoms with Crippen LogP contribution in [-0.4, -0.2) is 21.1 Å². The van der Waals surface area contributed by atoms with Crippen LogP contribution >= 0.6 is 0 Å². The van der Waals surface area contributed by atoms with Crippen molar-refractivity contribution in [1.29, 1.82) is 0 Å². The largest absolute Gasteiger partial charge is 0.289 e. The van der Waals surface area contributed by atoms with E-state index in [1.807, 2.05) is 66.7 Å². The van der Waals surface area contributed by atoms with Gasteiger partial charge in [-0.3, -0.25) is 9.59 Å². The number of carbonyl (C=O) groups is 2. The summed E-state index contributed by atoms with van der Waals surface area (Å²) < 4.78 is 0. The van der Waals surface area contributed by atoms with E-state index in [2.05, 4.69) is 18.2 Å². The minimum atomic E-state index is -0.660. The molecule has 4 aromatic rings. The van der Waals surface area contributed by atoms with Gasteiger partial charge in [0.25, 0.3) is 0 Å². The Bertz CT molecular complexity index is 1240. The van der Waals surface area contributed by atoms with E-state index in [9.17, 15) is 9.59 Å². The van der Waals surface area contributed by atoms with Crippen LogP contribution in [0.2, 0.25) is 0 Å². The van der Waals surface area contributed by atoms with Crippen molar-refractivity contribution in [3.63, 3.8) is 0 Å². The van der Waals surface area contributed by atoms with Gasteiger partial charge in [-0.2, -0.15) is 0 Å². The molecule has 0 saturated heterocycles. The Morgan fingerprint density at radius 2 is 1.14 bits per heavy atom. The fraction of sp³-hybridized carbons (Fsp3) is 0. The zero-order valence-corrected chi connectivity index (χ0v) is 17.2. The van der Waals surface area contributed by atoms with E-state index in [1.54, 1.807) is 12.1 Å². The Hall–Kier alpha value is -3.56. The highest BCUT2D eigenvalue weighted by Gasteiger charge is 2.29. The fourth-order valence-electron chi connectivity index (χ4n) is 4.13. The molecule has 1 heterocycles. The third-order valence-electron chi connectivity index (χ3n) is 5.50. The van der Waals surface area contributed by atoms with Gasteiger partial charge < -0.3 is 0 Å². The Morgan fingerprint density at radius 3 is 1.83 bits per heavy atom.